The molecule has 3 aliphatic rings. The first-order chi connectivity index (χ1) is 17.1. The summed E-state index contributed by atoms with van der Waals surface area (Å²) >= 11 is 0. The lowest BCUT2D eigenvalue weighted by Gasteiger charge is -2.33. The zero-order chi connectivity index (χ0) is 23.5. The van der Waals surface area contributed by atoms with E-state index in [1.807, 2.05) is 28.8 Å². The third kappa shape index (κ3) is 3.43. The number of hydrogen-bond donors (Lipinski definition) is 2. The second-order valence-electron chi connectivity index (χ2n) is 9.89. The molecule has 1 aliphatic carbocycles. The number of carbonyl (C=O) groups excluding carboxylic acids is 1. The fourth-order valence-corrected chi connectivity index (χ4v) is 6.05. The van der Waals surface area contributed by atoms with Gasteiger partial charge in [-0.15, -0.1) is 0 Å². The summed E-state index contributed by atoms with van der Waals surface area (Å²) in [5, 5.41) is 6.29. The minimum atomic E-state index is -0.331. The number of pyridine rings is 2. The SMILES string of the molecule is O=C1NCc2c(-c3cnc4cc(F)ccn34)ccc(Nc3ccc(N4CC5CCC(C5)C4)cn3)c21. The molecular formula is C27H25FN6O. The molecule has 2 aliphatic heterocycles. The van der Waals surface area contributed by atoms with Crippen LogP contribution in [0.15, 0.2) is 55.0 Å². The lowest BCUT2D eigenvalue weighted by molar-refractivity contribution is 0.0966. The zero-order valence-corrected chi connectivity index (χ0v) is 19.2. The Balaban J connectivity index is 1.19. The molecule has 1 aromatic carbocycles. The lowest BCUT2D eigenvalue weighted by Crippen LogP contribution is -2.36. The fraction of sp³-hybridized carbons (Fsp3) is 0.296. The second kappa shape index (κ2) is 7.80. The molecule has 5 heterocycles. The molecule has 1 amide bonds. The number of anilines is 3. The van der Waals surface area contributed by atoms with Crippen molar-refractivity contribution in [2.45, 2.75) is 25.8 Å². The maximum atomic E-state index is 13.6. The van der Waals surface area contributed by atoms with E-state index in [0.717, 1.165) is 53.1 Å². The first-order valence-electron chi connectivity index (χ1n) is 12.2. The lowest BCUT2D eigenvalue weighted by atomic mass is 9.98. The van der Waals surface area contributed by atoms with Crippen molar-refractivity contribution in [2.24, 2.45) is 11.8 Å². The molecule has 176 valence electrons. The minimum absolute atomic E-state index is 0.121. The molecule has 2 bridgehead atoms. The van der Waals surface area contributed by atoms with Crippen molar-refractivity contribution in [3.05, 3.63) is 71.9 Å². The predicted octanol–water partition coefficient (Wildman–Crippen LogP) is 4.76. The van der Waals surface area contributed by atoms with Crippen LogP contribution in [0.2, 0.25) is 0 Å². The molecule has 8 heteroatoms. The summed E-state index contributed by atoms with van der Waals surface area (Å²) in [5.74, 6) is 1.89. The van der Waals surface area contributed by atoms with Crippen molar-refractivity contribution in [1.82, 2.24) is 19.7 Å². The number of nitrogens with one attached hydrogen (secondary N) is 2. The number of halogens is 1. The van der Waals surface area contributed by atoms with Crippen molar-refractivity contribution in [2.75, 3.05) is 23.3 Å². The van der Waals surface area contributed by atoms with Gasteiger partial charge < -0.3 is 15.5 Å². The fourth-order valence-electron chi connectivity index (χ4n) is 6.05. The number of amides is 1. The Kier molecular flexibility index (Phi) is 4.55. The number of aromatic nitrogens is 3. The van der Waals surface area contributed by atoms with Gasteiger partial charge in [0, 0.05) is 37.5 Å². The molecule has 2 N–H and O–H groups in total. The molecule has 0 radical (unpaired) electrons. The highest BCUT2D eigenvalue weighted by Crippen LogP contribution is 2.39. The standard InChI is InChI=1S/C27H25FN6O/c28-18-7-8-34-23(13-30-25(34)10-18)20-4-5-22(26-21(20)12-31-27(26)35)32-24-6-3-19(11-29-24)33-14-16-1-2-17(9-16)15-33/h3-8,10-11,13,16-17H,1-2,9,12,14-15H2,(H,29,32)(H,31,35). The van der Waals surface area contributed by atoms with E-state index >= 15 is 0 Å². The van der Waals surface area contributed by atoms with Gasteiger partial charge in [-0.3, -0.25) is 9.20 Å². The average molecular weight is 469 g/mol. The Morgan fingerprint density at radius 2 is 1.89 bits per heavy atom. The van der Waals surface area contributed by atoms with Gasteiger partial charge in [-0.2, -0.15) is 0 Å². The Morgan fingerprint density at radius 1 is 1.03 bits per heavy atom. The quantitative estimate of drug-likeness (QED) is 0.452. The van der Waals surface area contributed by atoms with Gasteiger partial charge in [-0.1, -0.05) is 6.07 Å². The highest BCUT2D eigenvalue weighted by atomic mass is 19.1. The average Bonchev–Trinajstić information content (AvgIpc) is 3.56. The van der Waals surface area contributed by atoms with Gasteiger partial charge in [0.1, 0.15) is 17.3 Å². The summed E-state index contributed by atoms with van der Waals surface area (Å²) < 4.78 is 15.5. The maximum absolute atomic E-state index is 13.6. The van der Waals surface area contributed by atoms with Crippen molar-refractivity contribution in [1.29, 1.82) is 0 Å². The number of carbonyl (C=O) groups is 1. The van der Waals surface area contributed by atoms with E-state index in [1.165, 1.54) is 31.4 Å². The first-order valence-corrected chi connectivity index (χ1v) is 12.2. The number of fused-ring (bicyclic) bond motifs is 4. The third-order valence-corrected chi connectivity index (χ3v) is 7.70. The van der Waals surface area contributed by atoms with Gasteiger partial charge in [-0.25, -0.2) is 14.4 Å². The van der Waals surface area contributed by atoms with Gasteiger partial charge >= 0.3 is 0 Å². The number of benzene rings is 1. The molecule has 7 nitrogen and oxygen atoms in total. The molecule has 7 rings (SSSR count). The van der Waals surface area contributed by atoms with E-state index in [0.29, 0.717) is 23.6 Å². The highest BCUT2D eigenvalue weighted by Gasteiger charge is 2.33. The number of imidazole rings is 1. The summed E-state index contributed by atoms with van der Waals surface area (Å²) in [4.78, 5) is 24.2. The highest BCUT2D eigenvalue weighted by molar-refractivity contribution is 6.06. The van der Waals surface area contributed by atoms with Gasteiger partial charge in [0.2, 0.25) is 0 Å². The van der Waals surface area contributed by atoms with E-state index < -0.39 is 0 Å². The molecule has 2 atom stereocenters. The maximum Gasteiger partial charge on any atom is 0.254 e. The van der Waals surface area contributed by atoms with Crippen LogP contribution in [0.4, 0.5) is 21.6 Å². The number of nitrogens with zero attached hydrogens (tertiary/aromatic N) is 4. The van der Waals surface area contributed by atoms with Gasteiger partial charge in [0.15, 0.2) is 0 Å². The molecule has 1 saturated carbocycles. The molecule has 35 heavy (non-hydrogen) atoms. The summed E-state index contributed by atoms with van der Waals surface area (Å²) in [5.41, 5.74) is 5.62. The predicted molar refractivity (Wildman–Crippen MR) is 132 cm³/mol. The van der Waals surface area contributed by atoms with Crippen LogP contribution >= 0.6 is 0 Å². The van der Waals surface area contributed by atoms with E-state index in [9.17, 15) is 9.18 Å². The molecule has 2 unspecified atom stereocenters. The molecule has 1 saturated heterocycles. The number of hydrogen-bond acceptors (Lipinski definition) is 5. The van der Waals surface area contributed by atoms with Crippen LogP contribution in [0, 0.1) is 17.7 Å². The summed E-state index contributed by atoms with van der Waals surface area (Å²) in [6.07, 6.45) is 9.38. The summed E-state index contributed by atoms with van der Waals surface area (Å²) in [6.45, 7) is 2.67. The van der Waals surface area contributed by atoms with Crippen LogP contribution in [0.3, 0.4) is 0 Å². The molecule has 3 aromatic heterocycles. The Hall–Kier alpha value is -3.94. The molecule has 0 spiro atoms. The van der Waals surface area contributed by atoms with E-state index in [1.54, 1.807) is 12.4 Å². The Labute approximate surface area is 202 Å². The topological polar surface area (TPSA) is 74.6 Å². The molecular weight excluding hydrogens is 443 g/mol. The van der Waals surface area contributed by atoms with Crippen molar-refractivity contribution >= 4 is 28.7 Å². The van der Waals surface area contributed by atoms with Crippen LogP contribution in [-0.4, -0.2) is 33.4 Å². The molecule has 4 aromatic rings. The minimum Gasteiger partial charge on any atom is -0.370 e. The van der Waals surface area contributed by atoms with Crippen LogP contribution in [0.5, 0.6) is 0 Å². The smallest absolute Gasteiger partial charge is 0.254 e. The van der Waals surface area contributed by atoms with E-state index in [-0.39, 0.29) is 11.7 Å². The first kappa shape index (κ1) is 20.4. The van der Waals surface area contributed by atoms with Crippen LogP contribution in [-0.2, 0) is 6.54 Å². The van der Waals surface area contributed by atoms with Crippen LogP contribution in [0.1, 0.15) is 35.2 Å². The molecule has 2 fully saturated rings. The summed E-state index contributed by atoms with van der Waals surface area (Å²) in [6, 6.07) is 10.8. The van der Waals surface area contributed by atoms with Crippen LogP contribution < -0.4 is 15.5 Å². The normalized spacial score (nSPS) is 20.8. The number of rotatable bonds is 4. The Morgan fingerprint density at radius 3 is 2.69 bits per heavy atom. The zero-order valence-electron chi connectivity index (χ0n) is 19.2. The van der Waals surface area contributed by atoms with Crippen molar-refractivity contribution in [3.63, 3.8) is 0 Å². The summed E-state index contributed by atoms with van der Waals surface area (Å²) in [7, 11) is 0. The van der Waals surface area contributed by atoms with Crippen LogP contribution in [0.25, 0.3) is 16.9 Å². The van der Waals surface area contributed by atoms with E-state index in [4.69, 9.17) is 0 Å². The van der Waals surface area contributed by atoms with Crippen molar-refractivity contribution in [3.8, 4) is 11.3 Å². The third-order valence-electron chi connectivity index (χ3n) is 7.70. The van der Waals surface area contributed by atoms with Gasteiger partial charge in [0.25, 0.3) is 5.91 Å². The second-order valence-corrected chi connectivity index (χ2v) is 9.89. The van der Waals surface area contributed by atoms with Crippen molar-refractivity contribution < 1.29 is 9.18 Å². The largest absolute Gasteiger partial charge is 0.370 e. The van der Waals surface area contributed by atoms with E-state index in [2.05, 4.69) is 31.6 Å². The van der Waals surface area contributed by atoms with Gasteiger partial charge in [-0.05, 0) is 60.9 Å². The Bertz CT molecular complexity index is 1450. The number of piperidine rings is 1. The monoisotopic (exact) mass is 468 g/mol. The van der Waals surface area contributed by atoms with Gasteiger partial charge in [0.05, 0.1) is 35.0 Å².